The summed E-state index contributed by atoms with van der Waals surface area (Å²) in [6, 6.07) is 1.20. The number of hydrogen-bond donors (Lipinski definition) is 2. The standard InChI is InChI=1S/C19H25F3N2O4/c1-10(19(20,21)22)28-16-8-14(24-9-12(16)11-5-6-11)15(25)7-13(17(26)23-4)18(2,3)27/h8-11,13,27H,5-7H2,1-4H3,(H,23,26)/t10-,13?/m0/s1. The van der Waals surface area contributed by atoms with Gasteiger partial charge < -0.3 is 15.2 Å². The van der Waals surface area contributed by atoms with Gasteiger partial charge in [-0.05, 0) is 39.5 Å². The molecule has 1 heterocycles. The summed E-state index contributed by atoms with van der Waals surface area (Å²) >= 11 is 0. The first kappa shape index (κ1) is 22.1. The van der Waals surface area contributed by atoms with Crippen molar-refractivity contribution in [3.63, 3.8) is 0 Å². The first-order chi connectivity index (χ1) is 12.8. The number of aromatic nitrogens is 1. The summed E-state index contributed by atoms with van der Waals surface area (Å²) in [6.45, 7) is 3.71. The second-order valence-corrected chi connectivity index (χ2v) is 7.63. The SMILES string of the molecule is CNC(=O)C(CC(=O)c1cc(O[C@@H](C)C(F)(F)F)c(C2CC2)cn1)C(C)(C)O. The van der Waals surface area contributed by atoms with Crippen molar-refractivity contribution < 1.29 is 32.6 Å². The molecule has 0 aliphatic heterocycles. The minimum absolute atomic E-state index is 0.0228. The maximum absolute atomic E-state index is 12.9. The van der Waals surface area contributed by atoms with Crippen molar-refractivity contribution in [2.24, 2.45) is 5.92 Å². The Labute approximate surface area is 161 Å². The summed E-state index contributed by atoms with van der Waals surface area (Å²) in [6.07, 6.45) is -3.91. The molecule has 1 aliphatic carbocycles. The minimum atomic E-state index is -4.54. The van der Waals surface area contributed by atoms with Crippen LogP contribution in [0.5, 0.6) is 5.75 Å². The Morgan fingerprint density at radius 3 is 2.43 bits per heavy atom. The van der Waals surface area contributed by atoms with Crippen molar-refractivity contribution >= 4 is 11.7 Å². The summed E-state index contributed by atoms with van der Waals surface area (Å²) in [5, 5.41) is 12.6. The van der Waals surface area contributed by atoms with Gasteiger partial charge in [-0.1, -0.05) is 0 Å². The zero-order chi connectivity index (χ0) is 21.3. The Morgan fingerprint density at radius 1 is 1.36 bits per heavy atom. The third-order valence-electron chi connectivity index (χ3n) is 4.77. The second kappa shape index (κ2) is 8.06. The second-order valence-electron chi connectivity index (χ2n) is 7.63. The number of hydrogen-bond acceptors (Lipinski definition) is 5. The molecule has 0 bridgehead atoms. The lowest BCUT2D eigenvalue weighted by Gasteiger charge is -2.27. The summed E-state index contributed by atoms with van der Waals surface area (Å²) < 4.78 is 43.8. The number of alkyl halides is 3. The number of carbonyl (C=O) groups excluding carboxylic acids is 2. The molecule has 1 aromatic rings. The molecule has 1 unspecified atom stereocenters. The van der Waals surface area contributed by atoms with Gasteiger partial charge in [0.05, 0.1) is 11.5 Å². The maximum Gasteiger partial charge on any atom is 0.425 e. The number of rotatable bonds is 8. The van der Waals surface area contributed by atoms with Crippen LogP contribution in [0.4, 0.5) is 13.2 Å². The van der Waals surface area contributed by atoms with Gasteiger partial charge in [0.25, 0.3) is 0 Å². The van der Waals surface area contributed by atoms with Gasteiger partial charge in [-0.15, -0.1) is 0 Å². The summed E-state index contributed by atoms with van der Waals surface area (Å²) in [7, 11) is 1.39. The van der Waals surface area contributed by atoms with Gasteiger partial charge in [0.15, 0.2) is 11.9 Å². The average molecular weight is 402 g/mol. The van der Waals surface area contributed by atoms with E-state index in [1.807, 2.05) is 0 Å². The first-order valence-electron chi connectivity index (χ1n) is 9.05. The number of halogens is 3. The normalized spacial score (nSPS) is 17.0. The molecular formula is C19H25F3N2O4. The number of ether oxygens (including phenoxy) is 1. The predicted molar refractivity (Wildman–Crippen MR) is 95.2 cm³/mol. The van der Waals surface area contributed by atoms with Crippen LogP contribution in [0.15, 0.2) is 12.3 Å². The number of nitrogens with one attached hydrogen (secondary N) is 1. The minimum Gasteiger partial charge on any atom is -0.481 e. The molecule has 0 spiro atoms. The van der Waals surface area contributed by atoms with E-state index in [0.29, 0.717) is 5.56 Å². The molecule has 2 N–H and O–H groups in total. The van der Waals surface area contributed by atoms with E-state index >= 15 is 0 Å². The molecule has 28 heavy (non-hydrogen) atoms. The highest BCUT2D eigenvalue weighted by Gasteiger charge is 2.40. The van der Waals surface area contributed by atoms with Crippen molar-refractivity contribution in [2.45, 2.75) is 63.8 Å². The van der Waals surface area contributed by atoms with Gasteiger partial charge in [-0.2, -0.15) is 13.2 Å². The highest BCUT2D eigenvalue weighted by atomic mass is 19.4. The number of nitrogens with zero attached hydrogens (tertiary/aromatic N) is 1. The largest absolute Gasteiger partial charge is 0.481 e. The van der Waals surface area contributed by atoms with E-state index in [9.17, 15) is 27.9 Å². The molecule has 6 nitrogen and oxygen atoms in total. The first-order valence-corrected chi connectivity index (χ1v) is 9.05. The molecule has 2 rings (SSSR count). The van der Waals surface area contributed by atoms with E-state index in [2.05, 4.69) is 10.3 Å². The van der Waals surface area contributed by atoms with Gasteiger partial charge >= 0.3 is 6.18 Å². The lowest BCUT2D eigenvalue weighted by Crippen LogP contribution is -2.43. The summed E-state index contributed by atoms with van der Waals surface area (Å²) in [5.41, 5.74) is -1.03. The quantitative estimate of drug-likeness (QED) is 0.653. The van der Waals surface area contributed by atoms with Crippen LogP contribution in [-0.4, -0.2) is 46.7 Å². The monoisotopic (exact) mass is 402 g/mol. The zero-order valence-corrected chi connectivity index (χ0v) is 16.3. The van der Waals surface area contributed by atoms with Crippen LogP contribution in [0.2, 0.25) is 0 Å². The number of Topliss-reactive ketones (excluding diaryl/α,β-unsaturated/α-hetero) is 1. The zero-order valence-electron chi connectivity index (χ0n) is 16.3. The van der Waals surface area contributed by atoms with E-state index in [4.69, 9.17) is 4.74 Å². The van der Waals surface area contributed by atoms with E-state index in [1.54, 1.807) is 0 Å². The smallest absolute Gasteiger partial charge is 0.425 e. The third kappa shape index (κ3) is 5.43. The van der Waals surface area contributed by atoms with Gasteiger partial charge in [0, 0.05) is 31.3 Å². The number of carbonyl (C=O) groups is 2. The Bertz CT molecular complexity index is 740. The number of aliphatic hydroxyl groups is 1. The van der Waals surface area contributed by atoms with Crippen molar-refractivity contribution in [1.82, 2.24) is 10.3 Å². The van der Waals surface area contributed by atoms with Gasteiger partial charge in [-0.25, -0.2) is 0 Å². The number of pyridine rings is 1. The van der Waals surface area contributed by atoms with Crippen molar-refractivity contribution in [3.05, 3.63) is 23.5 Å². The molecule has 2 atom stereocenters. The Morgan fingerprint density at radius 2 is 1.96 bits per heavy atom. The van der Waals surface area contributed by atoms with E-state index in [0.717, 1.165) is 19.8 Å². The molecule has 1 aliphatic rings. The van der Waals surface area contributed by atoms with Crippen LogP contribution in [0.3, 0.4) is 0 Å². The Kier molecular flexibility index (Phi) is 6.37. The molecule has 1 fully saturated rings. The molecule has 0 aromatic carbocycles. The lowest BCUT2D eigenvalue weighted by atomic mass is 9.85. The molecule has 156 valence electrons. The molecule has 0 radical (unpaired) electrons. The fourth-order valence-corrected chi connectivity index (χ4v) is 2.79. The van der Waals surface area contributed by atoms with Crippen LogP contribution in [0.25, 0.3) is 0 Å². The topological polar surface area (TPSA) is 88.5 Å². The molecule has 9 heteroatoms. The third-order valence-corrected chi connectivity index (χ3v) is 4.77. The van der Waals surface area contributed by atoms with Crippen LogP contribution in [-0.2, 0) is 4.79 Å². The molecule has 1 amide bonds. The molecule has 1 saturated carbocycles. The van der Waals surface area contributed by atoms with E-state index in [1.165, 1.54) is 33.2 Å². The lowest BCUT2D eigenvalue weighted by molar-refractivity contribution is -0.189. The van der Waals surface area contributed by atoms with Crippen LogP contribution >= 0.6 is 0 Å². The number of ketones is 1. The van der Waals surface area contributed by atoms with Crippen LogP contribution < -0.4 is 10.1 Å². The Balaban J connectivity index is 2.28. The summed E-state index contributed by atoms with van der Waals surface area (Å²) in [5.74, 6) is -2.07. The highest BCUT2D eigenvalue weighted by Crippen LogP contribution is 2.45. The van der Waals surface area contributed by atoms with Crippen molar-refractivity contribution in [1.29, 1.82) is 0 Å². The van der Waals surface area contributed by atoms with Crippen LogP contribution in [0, 0.1) is 5.92 Å². The molecule has 0 saturated heterocycles. The van der Waals surface area contributed by atoms with Gasteiger partial charge in [0.1, 0.15) is 11.4 Å². The van der Waals surface area contributed by atoms with Gasteiger partial charge in [0.2, 0.25) is 5.91 Å². The summed E-state index contributed by atoms with van der Waals surface area (Å²) in [4.78, 5) is 28.7. The van der Waals surface area contributed by atoms with Crippen molar-refractivity contribution in [2.75, 3.05) is 7.05 Å². The Hall–Kier alpha value is -2.16. The maximum atomic E-state index is 12.9. The highest BCUT2D eigenvalue weighted by molar-refractivity contribution is 5.97. The van der Waals surface area contributed by atoms with Gasteiger partial charge in [-0.3, -0.25) is 14.6 Å². The van der Waals surface area contributed by atoms with E-state index in [-0.39, 0.29) is 23.8 Å². The average Bonchev–Trinajstić information content (AvgIpc) is 3.41. The fraction of sp³-hybridized carbons (Fsp3) is 0.632. The van der Waals surface area contributed by atoms with E-state index < -0.39 is 35.5 Å². The van der Waals surface area contributed by atoms with Crippen molar-refractivity contribution in [3.8, 4) is 5.75 Å². The fourth-order valence-electron chi connectivity index (χ4n) is 2.79. The predicted octanol–water partition coefficient (Wildman–Crippen LogP) is 2.99. The molecule has 1 aromatic heterocycles. The molecular weight excluding hydrogens is 377 g/mol. The van der Waals surface area contributed by atoms with Crippen LogP contribution in [0.1, 0.15) is 62.0 Å². The number of amides is 1.